The summed E-state index contributed by atoms with van der Waals surface area (Å²) in [6.45, 7) is 4.37. The van der Waals surface area contributed by atoms with E-state index in [4.69, 9.17) is 0 Å². The molecule has 0 aromatic rings. The molecular weight excluding hydrogens is 478 g/mol. The van der Waals surface area contributed by atoms with Gasteiger partial charge in [0, 0.05) is 6.42 Å². The van der Waals surface area contributed by atoms with E-state index in [9.17, 15) is 28.0 Å². The molecule has 0 fully saturated rings. The first-order chi connectivity index (χ1) is 17.2. The first-order valence-corrected chi connectivity index (χ1v) is 15.7. The van der Waals surface area contributed by atoms with E-state index >= 15 is 0 Å². The molecule has 7 nitrogen and oxygen atoms in total. The summed E-state index contributed by atoms with van der Waals surface area (Å²) in [6.07, 6.45) is 22.5. The van der Waals surface area contributed by atoms with E-state index in [0.717, 1.165) is 25.7 Å². The summed E-state index contributed by atoms with van der Waals surface area (Å²) in [4.78, 5) is 12.4. The van der Waals surface area contributed by atoms with Crippen LogP contribution in [0.5, 0.6) is 0 Å². The maximum absolute atomic E-state index is 12.4. The van der Waals surface area contributed by atoms with Gasteiger partial charge in [-0.05, 0) is 25.7 Å². The van der Waals surface area contributed by atoms with Gasteiger partial charge in [-0.3, -0.25) is 9.35 Å². The molecule has 8 heteroatoms. The molecule has 0 aromatic carbocycles. The molecule has 0 heterocycles. The van der Waals surface area contributed by atoms with Gasteiger partial charge in [0.2, 0.25) is 5.91 Å². The number of rotatable bonds is 24. The molecule has 0 rings (SSSR count). The Morgan fingerprint density at radius 3 is 1.89 bits per heavy atom. The predicted octanol–water partition coefficient (Wildman–Crippen LogP) is 5.86. The van der Waals surface area contributed by atoms with Crippen molar-refractivity contribution in [1.29, 1.82) is 0 Å². The van der Waals surface area contributed by atoms with Crippen molar-refractivity contribution in [2.75, 3.05) is 5.75 Å². The summed E-state index contributed by atoms with van der Waals surface area (Å²) in [6, 6.07) is -1.17. The molecule has 212 valence electrons. The molecule has 1 amide bonds. The van der Waals surface area contributed by atoms with Crippen LogP contribution in [0.3, 0.4) is 0 Å². The fourth-order valence-electron chi connectivity index (χ4n) is 4.03. The Hall–Kier alpha value is -1.22. The Morgan fingerprint density at radius 2 is 1.31 bits per heavy atom. The predicted molar refractivity (Wildman–Crippen MR) is 148 cm³/mol. The zero-order valence-corrected chi connectivity index (χ0v) is 23.6. The van der Waals surface area contributed by atoms with E-state index in [2.05, 4.69) is 31.3 Å². The molecule has 0 radical (unpaired) electrons. The Balaban J connectivity index is 4.34. The molecule has 0 aromatic heterocycles. The van der Waals surface area contributed by atoms with Crippen molar-refractivity contribution < 1.29 is 28.0 Å². The zero-order chi connectivity index (χ0) is 27.1. The van der Waals surface area contributed by atoms with Crippen molar-refractivity contribution in [1.82, 2.24) is 5.32 Å². The van der Waals surface area contributed by atoms with Crippen molar-refractivity contribution in [3.63, 3.8) is 0 Å². The molecule has 3 unspecified atom stereocenters. The third kappa shape index (κ3) is 22.0. The monoisotopic (exact) mass is 531 g/mol. The number of allylic oxidation sites excluding steroid dienone is 3. The molecule has 0 aliphatic rings. The number of amides is 1. The van der Waals surface area contributed by atoms with Crippen LogP contribution in [0.2, 0.25) is 0 Å². The Morgan fingerprint density at radius 1 is 0.778 bits per heavy atom. The largest absolute Gasteiger partial charge is 0.391 e. The van der Waals surface area contributed by atoms with Crippen molar-refractivity contribution in [2.24, 2.45) is 0 Å². The van der Waals surface area contributed by atoms with Gasteiger partial charge < -0.3 is 15.5 Å². The van der Waals surface area contributed by atoms with Crippen molar-refractivity contribution in [3.05, 3.63) is 24.3 Å². The summed E-state index contributed by atoms with van der Waals surface area (Å²) >= 11 is 0. The SMILES string of the molecule is CCCCCCCC/C=C\C/C=C\CC(O)C(=O)NC(CS(=O)(=O)O)C(O)CCCCCCCCC. The smallest absolute Gasteiger partial charge is 0.266 e. The number of nitrogens with one attached hydrogen (secondary N) is 1. The molecule has 0 saturated carbocycles. The summed E-state index contributed by atoms with van der Waals surface area (Å²) in [5, 5.41) is 23.0. The van der Waals surface area contributed by atoms with Crippen LogP contribution in [0.15, 0.2) is 24.3 Å². The number of aliphatic hydroxyl groups excluding tert-OH is 2. The first kappa shape index (κ1) is 34.8. The molecule has 0 spiro atoms. The molecule has 0 aliphatic carbocycles. The number of hydrogen-bond donors (Lipinski definition) is 4. The van der Waals surface area contributed by atoms with Crippen LogP contribution in [0.1, 0.15) is 123 Å². The molecular formula is C28H53NO6S. The van der Waals surface area contributed by atoms with Gasteiger partial charge in [-0.25, -0.2) is 0 Å². The van der Waals surface area contributed by atoms with Crippen LogP contribution in [0.4, 0.5) is 0 Å². The average molecular weight is 532 g/mol. The number of hydrogen-bond acceptors (Lipinski definition) is 5. The molecule has 0 bridgehead atoms. The summed E-state index contributed by atoms with van der Waals surface area (Å²) in [5.41, 5.74) is 0. The third-order valence-corrected chi connectivity index (χ3v) is 7.06. The van der Waals surface area contributed by atoms with Gasteiger partial charge >= 0.3 is 0 Å². The summed E-state index contributed by atoms with van der Waals surface area (Å²) < 4.78 is 32.0. The maximum Gasteiger partial charge on any atom is 0.266 e. The fraction of sp³-hybridized carbons (Fsp3) is 0.821. The second kappa shape index (κ2) is 22.9. The van der Waals surface area contributed by atoms with E-state index in [1.165, 1.54) is 57.8 Å². The Bertz CT molecular complexity index is 692. The van der Waals surface area contributed by atoms with E-state index in [0.29, 0.717) is 19.3 Å². The normalized spacial score (nSPS) is 14.9. The highest BCUT2D eigenvalue weighted by Crippen LogP contribution is 2.13. The van der Waals surface area contributed by atoms with E-state index < -0.39 is 40.0 Å². The topological polar surface area (TPSA) is 124 Å². The molecule has 0 saturated heterocycles. The highest BCUT2D eigenvalue weighted by atomic mass is 32.2. The highest BCUT2D eigenvalue weighted by Gasteiger charge is 2.28. The van der Waals surface area contributed by atoms with Gasteiger partial charge in [-0.1, -0.05) is 115 Å². The van der Waals surface area contributed by atoms with E-state index in [-0.39, 0.29) is 6.42 Å². The minimum absolute atomic E-state index is 0.0869. The van der Waals surface area contributed by atoms with Crippen LogP contribution in [-0.2, 0) is 14.9 Å². The fourth-order valence-corrected chi connectivity index (χ4v) is 4.79. The van der Waals surface area contributed by atoms with Crippen LogP contribution >= 0.6 is 0 Å². The van der Waals surface area contributed by atoms with Crippen molar-refractivity contribution in [2.45, 2.75) is 141 Å². The maximum atomic E-state index is 12.4. The quantitative estimate of drug-likeness (QED) is 0.0702. The lowest BCUT2D eigenvalue weighted by molar-refractivity contribution is -0.130. The van der Waals surface area contributed by atoms with Gasteiger partial charge in [0.05, 0.1) is 17.9 Å². The lowest BCUT2D eigenvalue weighted by Crippen LogP contribution is -2.50. The van der Waals surface area contributed by atoms with Crippen LogP contribution in [0.25, 0.3) is 0 Å². The number of carbonyl (C=O) groups excluding carboxylic acids is 1. The minimum Gasteiger partial charge on any atom is -0.391 e. The zero-order valence-electron chi connectivity index (χ0n) is 22.7. The lowest BCUT2D eigenvalue weighted by Gasteiger charge is -2.24. The second-order valence-corrected chi connectivity index (χ2v) is 11.3. The molecule has 36 heavy (non-hydrogen) atoms. The third-order valence-electron chi connectivity index (χ3n) is 6.28. The summed E-state index contributed by atoms with van der Waals surface area (Å²) in [7, 11) is -4.40. The van der Waals surface area contributed by atoms with Gasteiger partial charge in [0.15, 0.2) is 0 Å². The molecule has 3 atom stereocenters. The summed E-state index contributed by atoms with van der Waals surface area (Å²) in [5.74, 6) is -1.55. The van der Waals surface area contributed by atoms with Gasteiger partial charge in [0.25, 0.3) is 10.1 Å². The van der Waals surface area contributed by atoms with Crippen molar-refractivity contribution >= 4 is 16.0 Å². The number of aliphatic hydroxyl groups is 2. The van der Waals surface area contributed by atoms with E-state index in [1.54, 1.807) is 6.08 Å². The van der Waals surface area contributed by atoms with Gasteiger partial charge in [-0.2, -0.15) is 8.42 Å². The van der Waals surface area contributed by atoms with Crippen LogP contribution in [-0.4, -0.2) is 53.1 Å². The van der Waals surface area contributed by atoms with Crippen LogP contribution in [0, 0.1) is 0 Å². The van der Waals surface area contributed by atoms with Crippen LogP contribution < -0.4 is 5.32 Å². The first-order valence-electron chi connectivity index (χ1n) is 14.1. The standard InChI is InChI=1S/C28H53NO6S/c1-3-5-7-9-11-12-13-14-15-17-19-21-23-27(31)28(32)29-25(24-36(33,34)35)26(30)22-20-18-16-10-8-6-4-2/h14-15,19,21,25-27,30-31H,3-13,16-18,20,22-24H2,1-2H3,(H,29,32)(H,33,34,35)/b15-14-,21-19-. The van der Waals surface area contributed by atoms with Crippen molar-refractivity contribution in [3.8, 4) is 0 Å². The molecule has 4 N–H and O–H groups in total. The minimum atomic E-state index is -4.40. The lowest BCUT2D eigenvalue weighted by atomic mass is 10.0. The molecule has 0 aliphatic heterocycles. The Labute approximate surface area is 220 Å². The Kier molecular flexibility index (Phi) is 22.2. The highest BCUT2D eigenvalue weighted by molar-refractivity contribution is 7.85. The number of unbranched alkanes of at least 4 members (excludes halogenated alkanes) is 12. The van der Waals surface area contributed by atoms with Gasteiger partial charge in [0.1, 0.15) is 6.10 Å². The second-order valence-electron chi connectivity index (χ2n) is 9.83. The number of carbonyl (C=O) groups is 1. The van der Waals surface area contributed by atoms with Gasteiger partial charge in [-0.15, -0.1) is 0 Å². The average Bonchev–Trinajstić information content (AvgIpc) is 2.82. The van der Waals surface area contributed by atoms with E-state index in [1.807, 2.05) is 6.08 Å².